The minimum Gasteiger partial charge on any atom is -0.385 e. The van der Waals surface area contributed by atoms with Gasteiger partial charge in [-0.05, 0) is 19.4 Å². The quantitative estimate of drug-likeness (QED) is 0.777. The summed E-state index contributed by atoms with van der Waals surface area (Å²) in [5.74, 6) is 0. The molecule has 1 aromatic rings. The van der Waals surface area contributed by atoms with E-state index in [4.69, 9.17) is 23.2 Å². The summed E-state index contributed by atoms with van der Waals surface area (Å²) in [6.45, 7) is 3.58. The van der Waals surface area contributed by atoms with E-state index >= 15 is 0 Å². The Hall–Kier alpha value is -0.310. The highest BCUT2D eigenvalue weighted by atomic mass is 35.5. The maximum Gasteiger partial charge on any atom is 0.130 e. The molecule has 1 heterocycles. The summed E-state index contributed by atoms with van der Waals surface area (Å²) >= 11 is 11.5. The summed E-state index contributed by atoms with van der Waals surface area (Å²) in [7, 11) is 0. The third-order valence-electron chi connectivity index (χ3n) is 2.09. The summed E-state index contributed by atoms with van der Waals surface area (Å²) in [5.41, 5.74) is -0.324. The zero-order valence-electron chi connectivity index (χ0n) is 7.51. The molecule has 72 valence electrons. The molecule has 0 bridgehead atoms. The Bertz CT molecular complexity index is 312. The van der Waals surface area contributed by atoms with Crippen LogP contribution in [0.4, 0.5) is 0 Å². The van der Waals surface area contributed by atoms with Crippen LogP contribution in [0.2, 0.25) is 10.2 Å². The van der Waals surface area contributed by atoms with Crippen molar-refractivity contribution in [3.63, 3.8) is 0 Å². The van der Waals surface area contributed by atoms with Crippen LogP contribution in [0, 0.1) is 0 Å². The maximum atomic E-state index is 9.90. The minimum absolute atomic E-state index is 0.334. The number of aromatic nitrogens is 1. The molecule has 0 aliphatic heterocycles. The fourth-order valence-corrected chi connectivity index (χ4v) is 1.56. The molecule has 1 atom stereocenters. The highest BCUT2D eigenvalue weighted by molar-refractivity contribution is 6.34. The van der Waals surface area contributed by atoms with Gasteiger partial charge in [-0.15, -0.1) is 0 Å². The average Bonchev–Trinajstić information content (AvgIpc) is 2.03. The van der Waals surface area contributed by atoms with Crippen LogP contribution in [-0.2, 0) is 5.60 Å². The number of pyridine rings is 1. The number of nitrogens with zero attached hydrogens (tertiary/aromatic N) is 1. The monoisotopic (exact) mass is 219 g/mol. The van der Waals surface area contributed by atoms with E-state index in [0.29, 0.717) is 22.2 Å². The Morgan fingerprint density at radius 2 is 2.15 bits per heavy atom. The van der Waals surface area contributed by atoms with Crippen molar-refractivity contribution in [2.24, 2.45) is 0 Å². The summed E-state index contributed by atoms with van der Waals surface area (Å²) in [6, 6.07) is 1.53. The molecule has 0 saturated heterocycles. The number of hydrogen-bond acceptors (Lipinski definition) is 2. The predicted octanol–water partition coefficient (Wildman–Crippen LogP) is 3.01. The average molecular weight is 220 g/mol. The fraction of sp³-hybridized carbons (Fsp3) is 0.444. The highest BCUT2D eigenvalue weighted by Crippen LogP contribution is 2.30. The van der Waals surface area contributed by atoms with Gasteiger partial charge in [-0.1, -0.05) is 30.1 Å². The van der Waals surface area contributed by atoms with Gasteiger partial charge in [-0.25, -0.2) is 4.98 Å². The molecule has 1 N–H and O–H groups in total. The van der Waals surface area contributed by atoms with Crippen molar-refractivity contribution in [1.29, 1.82) is 0 Å². The van der Waals surface area contributed by atoms with Gasteiger partial charge >= 0.3 is 0 Å². The van der Waals surface area contributed by atoms with E-state index < -0.39 is 5.60 Å². The van der Waals surface area contributed by atoms with Crippen molar-refractivity contribution in [2.45, 2.75) is 25.9 Å². The molecular weight excluding hydrogens is 209 g/mol. The zero-order chi connectivity index (χ0) is 10.1. The second-order valence-electron chi connectivity index (χ2n) is 3.11. The zero-order valence-corrected chi connectivity index (χ0v) is 9.02. The lowest BCUT2D eigenvalue weighted by Crippen LogP contribution is -2.20. The van der Waals surface area contributed by atoms with Gasteiger partial charge in [0, 0.05) is 11.8 Å². The van der Waals surface area contributed by atoms with Gasteiger partial charge in [-0.2, -0.15) is 0 Å². The summed E-state index contributed by atoms with van der Waals surface area (Å²) in [6.07, 6.45) is 2.09. The molecule has 0 fully saturated rings. The molecule has 0 radical (unpaired) electrons. The molecule has 0 amide bonds. The molecule has 1 unspecified atom stereocenters. The van der Waals surface area contributed by atoms with Crippen molar-refractivity contribution in [3.05, 3.63) is 28.0 Å². The van der Waals surface area contributed by atoms with Gasteiger partial charge in [0.1, 0.15) is 5.15 Å². The molecule has 0 spiro atoms. The lowest BCUT2D eigenvalue weighted by atomic mass is 9.95. The van der Waals surface area contributed by atoms with Crippen LogP contribution in [0.15, 0.2) is 12.3 Å². The first kappa shape index (κ1) is 10.8. The van der Waals surface area contributed by atoms with Crippen LogP contribution in [-0.4, -0.2) is 10.1 Å². The Morgan fingerprint density at radius 1 is 1.54 bits per heavy atom. The van der Waals surface area contributed by atoms with Crippen LogP contribution in [0.1, 0.15) is 25.8 Å². The molecule has 0 aliphatic carbocycles. The fourth-order valence-electron chi connectivity index (χ4n) is 0.994. The largest absolute Gasteiger partial charge is 0.385 e. The van der Waals surface area contributed by atoms with Gasteiger partial charge < -0.3 is 5.11 Å². The lowest BCUT2D eigenvalue weighted by molar-refractivity contribution is 0.0528. The van der Waals surface area contributed by atoms with Crippen molar-refractivity contribution in [1.82, 2.24) is 4.98 Å². The van der Waals surface area contributed by atoms with Crippen molar-refractivity contribution < 1.29 is 5.11 Å². The number of aliphatic hydroxyl groups is 1. The topological polar surface area (TPSA) is 33.1 Å². The van der Waals surface area contributed by atoms with E-state index in [1.165, 1.54) is 12.3 Å². The SMILES string of the molecule is CCC(C)(O)c1cnc(Cl)cc1Cl. The Balaban J connectivity index is 3.16. The highest BCUT2D eigenvalue weighted by Gasteiger charge is 2.23. The van der Waals surface area contributed by atoms with Gasteiger partial charge in [0.2, 0.25) is 0 Å². The minimum atomic E-state index is -0.936. The van der Waals surface area contributed by atoms with Crippen molar-refractivity contribution in [3.8, 4) is 0 Å². The normalized spacial score (nSPS) is 15.5. The van der Waals surface area contributed by atoms with E-state index in [1.807, 2.05) is 6.92 Å². The number of halogens is 2. The summed E-state index contributed by atoms with van der Waals surface area (Å²) in [4.78, 5) is 3.88. The molecule has 4 heteroatoms. The molecular formula is C9H11Cl2NO. The summed E-state index contributed by atoms with van der Waals surface area (Å²) in [5, 5.41) is 10.7. The van der Waals surface area contributed by atoms with E-state index in [-0.39, 0.29) is 0 Å². The molecule has 2 nitrogen and oxygen atoms in total. The van der Waals surface area contributed by atoms with Crippen LogP contribution >= 0.6 is 23.2 Å². The number of rotatable bonds is 2. The second kappa shape index (κ2) is 3.82. The third-order valence-corrected chi connectivity index (χ3v) is 2.61. The third kappa shape index (κ3) is 2.33. The molecule has 1 aromatic heterocycles. The first-order valence-corrected chi connectivity index (χ1v) is 4.77. The second-order valence-corrected chi connectivity index (χ2v) is 3.91. The van der Waals surface area contributed by atoms with E-state index in [0.717, 1.165) is 0 Å². The van der Waals surface area contributed by atoms with E-state index in [2.05, 4.69) is 4.98 Å². The predicted molar refractivity (Wildman–Crippen MR) is 54.1 cm³/mol. The Kier molecular flexibility index (Phi) is 3.17. The van der Waals surface area contributed by atoms with Crippen LogP contribution in [0.3, 0.4) is 0 Å². The standard InChI is InChI=1S/C9H11Cl2NO/c1-3-9(2,13)6-5-12-8(11)4-7(6)10/h4-5,13H,3H2,1-2H3. The van der Waals surface area contributed by atoms with Crippen LogP contribution in [0.5, 0.6) is 0 Å². The smallest absolute Gasteiger partial charge is 0.130 e. The summed E-state index contributed by atoms with van der Waals surface area (Å²) < 4.78 is 0. The molecule has 13 heavy (non-hydrogen) atoms. The van der Waals surface area contributed by atoms with Gasteiger partial charge in [0.05, 0.1) is 10.6 Å². The van der Waals surface area contributed by atoms with E-state index in [9.17, 15) is 5.11 Å². The molecule has 0 saturated carbocycles. The molecule has 0 aromatic carbocycles. The van der Waals surface area contributed by atoms with Gasteiger partial charge in [0.25, 0.3) is 0 Å². The Morgan fingerprint density at radius 3 is 2.62 bits per heavy atom. The van der Waals surface area contributed by atoms with Crippen LogP contribution in [0.25, 0.3) is 0 Å². The van der Waals surface area contributed by atoms with E-state index in [1.54, 1.807) is 6.92 Å². The van der Waals surface area contributed by atoms with Crippen molar-refractivity contribution >= 4 is 23.2 Å². The molecule has 0 aliphatic rings. The van der Waals surface area contributed by atoms with Gasteiger partial charge in [-0.3, -0.25) is 0 Å². The lowest BCUT2D eigenvalue weighted by Gasteiger charge is -2.22. The number of hydrogen-bond donors (Lipinski definition) is 1. The molecule has 1 rings (SSSR count). The van der Waals surface area contributed by atoms with Crippen LogP contribution < -0.4 is 0 Å². The first-order valence-electron chi connectivity index (χ1n) is 4.01. The Labute approximate surface area is 87.5 Å². The first-order chi connectivity index (χ1) is 5.97. The van der Waals surface area contributed by atoms with Crippen molar-refractivity contribution in [2.75, 3.05) is 0 Å². The maximum absolute atomic E-state index is 9.90. The van der Waals surface area contributed by atoms with Gasteiger partial charge in [0.15, 0.2) is 0 Å².